The Kier molecular flexibility index (Phi) is 5.13. The van der Waals surface area contributed by atoms with Gasteiger partial charge in [0.1, 0.15) is 6.54 Å². The van der Waals surface area contributed by atoms with E-state index in [0.29, 0.717) is 6.42 Å². The second kappa shape index (κ2) is 7.31. The van der Waals surface area contributed by atoms with E-state index in [4.69, 9.17) is 0 Å². The van der Waals surface area contributed by atoms with Gasteiger partial charge in [-0.25, -0.2) is 0 Å². The summed E-state index contributed by atoms with van der Waals surface area (Å²) in [5.74, 6) is -0.197. The first-order valence-corrected chi connectivity index (χ1v) is 9.26. The molecule has 0 saturated heterocycles. The second-order valence-corrected chi connectivity index (χ2v) is 7.86. The Morgan fingerprint density at radius 1 is 1.20 bits per heavy atom. The van der Waals surface area contributed by atoms with Crippen LogP contribution in [-0.4, -0.2) is 23.6 Å². The Morgan fingerprint density at radius 3 is 2.76 bits per heavy atom. The van der Waals surface area contributed by atoms with Gasteiger partial charge in [0.25, 0.3) is 0 Å². The molecule has 0 bridgehead atoms. The molecule has 2 amide bonds. The lowest BCUT2D eigenvalue weighted by Gasteiger charge is -2.22. The van der Waals surface area contributed by atoms with Crippen LogP contribution in [0.25, 0.3) is 0 Å². The summed E-state index contributed by atoms with van der Waals surface area (Å²) < 4.78 is 0. The van der Waals surface area contributed by atoms with Crippen LogP contribution >= 0.6 is 11.8 Å². The number of nitrogens with zero attached hydrogens (tertiary/aromatic N) is 1. The summed E-state index contributed by atoms with van der Waals surface area (Å²) in [6.45, 7) is 6.06. The number of hydrogen-bond donors (Lipinski definition) is 1. The molecule has 3 rings (SSSR count). The minimum atomic E-state index is -0.184. The Balaban J connectivity index is 1.82. The van der Waals surface area contributed by atoms with Crippen LogP contribution in [0.2, 0.25) is 0 Å². The second-order valence-electron chi connectivity index (χ2n) is 6.38. The maximum atomic E-state index is 12.6. The zero-order valence-corrected chi connectivity index (χ0v) is 15.5. The Labute approximate surface area is 152 Å². The standard InChI is InChI=1S/C20H22N2O2S/c1-13-7-6-8-16(15(13)3)21-19(23)12-22-17-9-4-5-10-18(17)25-14(2)11-20(22)24/h4-10,14H,11-12H2,1-3H3,(H,21,23)/t14-/m1/s1. The third-order valence-electron chi connectivity index (χ3n) is 4.43. The van der Waals surface area contributed by atoms with E-state index in [0.717, 1.165) is 27.4 Å². The Hall–Kier alpha value is -2.27. The number of para-hydroxylation sites is 1. The van der Waals surface area contributed by atoms with Gasteiger partial charge in [-0.2, -0.15) is 0 Å². The van der Waals surface area contributed by atoms with E-state index in [2.05, 4.69) is 5.32 Å². The van der Waals surface area contributed by atoms with Crippen molar-refractivity contribution in [1.29, 1.82) is 0 Å². The maximum Gasteiger partial charge on any atom is 0.244 e. The van der Waals surface area contributed by atoms with Gasteiger partial charge in [-0.3, -0.25) is 9.59 Å². The monoisotopic (exact) mass is 354 g/mol. The number of carbonyl (C=O) groups is 2. The topological polar surface area (TPSA) is 49.4 Å². The average molecular weight is 354 g/mol. The summed E-state index contributed by atoms with van der Waals surface area (Å²) in [4.78, 5) is 27.9. The molecular weight excluding hydrogens is 332 g/mol. The van der Waals surface area contributed by atoms with E-state index >= 15 is 0 Å². The number of hydrogen-bond acceptors (Lipinski definition) is 3. The lowest BCUT2D eigenvalue weighted by Crippen LogP contribution is -2.38. The van der Waals surface area contributed by atoms with Crippen LogP contribution in [0, 0.1) is 13.8 Å². The maximum absolute atomic E-state index is 12.6. The summed E-state index contributed by atoms with van der Waals surface area (Å²) in [5.41, 5.74) is 3.78. The van der Waals surface area contributed by atoms with Gasteiger partial charge in [0.2, 0.25) is 11.8 Å². The Morgan fingerprint density at radius 2 is 1.96 bits per heavy atom. The highest BCUT2D eigenvalue weighted by Crippen LogP contribution is 2.37. The van der Waals surface area contributed by atoms with Crippen molar-refractivity contribution in [2.45, 2.75) is 37.3 Å². The number of anilines is 2. The molecule has 0 saturated carbocycles. The van der Waals surface area contributed by atoms with Crippen LogP contribution in [0.4, 0.5) is 11.4 Å². The number of rotatable bonds is 3. The van der Waals surface area contributed by atoms with Crippen molar-refractivity contribution in [1.82, 2.24) is 0 Å². The molecule has 5 heteroatoms. The summed E-state index contributed by atoms with van der Waals surface area (Å²) in [6.07, 6.45) is 0.427. The molecule has 1 heterocycles. The predicted octanol–water partition coefficient (Wildman–Crippen LogP) is 4.16. The molecule has 0 radical (unpaired) electrons. The summed E-state index contributed by atoms with van der Waals surface area (Å²) >= 11 is 1.68. The molecule has 2 aromatic rings. The molecule has 2 aromatic carbocycles. The smallest absolute Gasteiger partial charge is 0.244 e. The fourth-order valence-corrected chi connectivity index (χ4v) is 4.04. The summed E-state index contributed by atoms with van der Waals surface area (Å²) in [5, 5.41) is 3.14. The van der Waals surface area contributed by atoms with E-state index in [1.807, 2.05) is 63.2 Å². The van der Waals surface area contributed by atoms with Gasteiger partial charge in [-0.05, 0) is 43.2 Å². The fraction of sp³-hybridized carbons (Fsp3) is 0.300. The Bertz CT molecular complexity index is 819. The number of fused-ring (bicyclic) bond motifs is 1. The number of amides is 2. The van der Waals surface area contributed by atoms with Gasteiger partial charge >= 0.3 is 0 Å². The molecule has 25 heavy (non-hydrogen) atoms. The number of carbonyl (C=O) groups excluding carboxylic acids is 2. The van der Waals surface area contributed by atoms with Crippen LogP contribution in [0.15, 0.2) is 47.4 Å². The van der Waals surface area contributed by atoms with Crippen LogP contribution in [0.5, 0.6) is 0 Å². The van der Waals surface area contributed by atoms with Crippen LogP contribution < -0.4 is 10.2 Å². The van der Waals surface area contributed by atoms with E-state index in [1.165, 1.54) is 0 Å². The highest BCUT2D eigenvalue weighted by Gasteiger charge is 2.27. The molecule has 1 N–H and O–H groups in total. The number of thioether (sulfide) groups is 1. The molecule has 1 aliphatic heterocycles. The average Bonchev–Trinajstić information content (AvgIpc) is 2.68. The van der Waals surface area contributed by atoms with E-state index < -0.39 is 0 Å². The van der Waals surface area contributed by atoms with Crippen molar-refractivity contribution in [2.75, 3.05) is 16.8 Å². The SMILES string of the molecule is Cc1cccc(NC(=O)CN2C(=O)C[C@@H](C)Sc3ccccc32)c1C. The lowest BCUT2D eigenvalue weighted by atomic mass is 10.1. The third-order valence-corrected chi connectivity index (χ3v) is 5.60. The van der Waals surface area contributed by atoms with Crippen molar-refractivity contribution in [2.24, 2.45) is 0 Å². The fourth-order valence-electron chi connectivity index (χ4n) is 2.92. The van der Waals surface area contributed by atoms with E-state index in [9.17, 15) is 9.59 Å². The van der Waals surface area contributed by atoms with Gasteiger partial charge in [0.15, 0.2) is 0 Å². The largest absolute Gasteiger partial charge is 0.324 e. The quantitative estimate of drug-likeness (QED) is 0.900. The van der Waals surface area contributed by atoms with E-state index in [1.54, 1.807) is 16.7 Å². The van der Waals surface area contributed by atoms with Gasteiger partial charge in [-0.1, -0.05) is 31.2 Å². The van der Waals surface area contributed by atoms with Crippen molar-refractivity contribution >= 4 is 35.0 Å². The molecule has 0 unspecified atom stereocenters. The molecule has 130 valence electrons. The highest BCUT2D eigenvalue weighted by molar-refractivity contribution is 8.00. The zero-order chi connectivity index (χ0) is 18.0. The first-order valence-electron chi connectivity index (χ1n) is 8.38. The van der Waals surface area contributed by atoms with Crippen molar-refractivity contribution < 1.29 is 9.59 Å². The molecule has 0 fully saturated rings. The van der Waals surface area contributed by atoms with Gasteiger partial charge in [0, 0.05) is 22.3 Å². The summed E-state index contributed by atoms with van der Waals surface area (Å²) in [6, 6.07) is 13.6. The molecule has 0 aliphatic carbocycles. The van der Waals surface area contributed by atoms with Crippen LogP contribution in [0.1, 0.15) is 24.5 Å². The third kappa shape index (κ3) is 3.87. The van der Waals surface area contributed by atoms with Gasteiger partial charge in [-0.15, -0.1) is 11.8 Å². The minimum Gasteiger partial charge on any atom is -0.324 e. The van der Waals surface area contributed by atoms with Crippen molar-refractivity contribution in [3.05, 3.63) is 53.6 Å². The van der Waals surface area contributed by atoms with Crippen LogP contribution in [0.3, 0.4) is 0 Å². The predicted molar refractivity (Wildman–Crippen MR) is 103 cm³/mol. The minimum absolute atomic E-state index is 0.0129. The molecule has 0 spiro atoms. The molecule has 0 aromatic heterocycles. The highest BCUT2D eigenvalue weighted by atomic mass is 32.2. The van der Waals surface area contributed by atoms with Crippen molar-refractivity contribution in [3.8, 4) is 0 Å². The van der Waals surface area contributed by atoms with E-state index in [-0.39, 0.29) is 23.6 Å². The first-order chi connectivity index (χ1) is 12.0. The molecular formula is C20H22N2O2S. The lowest BCUT2D eigenvalue weighted by molar-refractivity contribution is -0.121. The van der Waals surface area contributed by atoms with Crippen LogP contribution in [-0.2, 0) is 9.59 Å². The number of benzene rings is 2. The molecule has 1 aliphatic rings. The van der Waals surface area contributed by atoms with Gasteiger partial charge in [0.05, 0.1) is 5.69 Å². The first kappa shape index (κ1) is 17.5. The van der Waals surface area contributed by atoms with Crippen molar-refractivity contribution in [3.63, 3.8) is 0 Å². The number of aryl methyl sites for hydroxylation is 1. The zero-order valence-electron chi connectivity index (χ0n) is 14.7. The normalized spacial score (nSPS) is 17.0. The number of nitrogens with one attached hydrogen (secondary N) is 1. The van der Waals surface area contributed by atoms with Gasteiger partial charge < -0.3 is 10.2 Å². The molecule has 1 atom stereocenters. The molecule has 4 nitrogen and oxygen atoms in total. The summed E-state index contributed by atoms with van der Waals surface area (Å²) in [7, 11) is 0.